The number of nitrogens with one attached hydrogen (secondary N) is 2. The number of urea groups is 1. The molecule has 0 saturated carbocycles. The van der Waals surface area contributed by atoms with Crippen LogP contribution in [0.1, 0.15) is 5.56 Å². The Kier molecular flexibility index (Phi) is 7.88. The Morgan fingerprint density at radius 2 is 1.68 bits per heavy atom. The summed E-state index contributed by atoms with van der Waals surface area (Å²) in [6.07, 6.45) is 0.340. The lowest BCUT2D eigenvalue weighted by Gasteiger charge is -2.18. The first-order valence-corrected chi connectivity index (χ1v) is 8.13. The molecule has 0 aliphatic rings. The first kappa shape index (κ1) is 21.3. The van der Waals surface area contributed by atoms with E-state index >= 15 is 0 Å². The standard InChI is InChI=1S/C18H18F4N2O4/c19-16(20)27-13-6-7-14(15(9-13)28-17(21)22)24-18(26)23-12(10-25)8-11-4-2-1-3-5-11/h1-7,9,12,16-17,25H,8,10H2,(H2,23,24,26). The van der Waals surface area contributed by atoms with E-state index in [9.17, 15) is 27.5 Å². The zero-order valence-corrected chi connectivity index (χ0v) is 14.4. The molecule has 0 aromatic heterocycles. The average molecular weight is 402 g/mol. The predicted octanol–water partition coefficient (Wildman–Crippen LogP) is 3.61. The summed E-state index contributed by atoms with van der Waals surface area (Å²) in [5.41, 5.74) is 0.688. The number of halogens is 4. The number of carbonyl (C=O) groups is 1. The summed E-state index contributed by atoms with van der Waals surface area (Å²) < 4.78 is 58.0. The van der Waals surface area contributed by atoms with E-state index in [0.717, 1.165) is 23.8 Å². The average Bonchev–Trinajstić information content (AvgIpc) is 2.63. The van der Waals surface area contributed by atoms with Crippen molar-refractivity contribution in [2.45, 2.75) is 25.7 Å². The van der Waals surface area contributed by atoms with Gasteiger partial charge in [0.05, 0.1) is 18.3 Å². The lowest BCUT2D eigenvalue weighted by molar-refractivity contribution is -0.0539. The number of aliphatic hydroxyl groups is 1. The molecule has 0 heterocycles. The van der Waals surface area contributed by atoms with E-state index in [0.29, 0.717) is 6.42 Å². The molecule has 2 amide bonds. The van der Waals surface area contributed by atoms with Gasteiger partial charge < -0.3 is 25.2 Å². The lowest BCUT2D eigenvalue weighted by Crippen LogP contribution is -2.41. The fraction of sp³-hybridized carbons (Fsp3) is 0.278. The summed E-state index contributed by atoms with van der Waals surface area (Å²) in [5, 5.41) is 14.2. The van der Waals surface area contributed by atoms with E-state index < -0.39 is 36.8 Å². The van der Waals surface area contributed by atoms with E-state index in [1.807, 2.05) is 18.2 Å². The van der Waals surface area contributed by atoms with Gasteiger partial charge >= 0.3 is 19.3 Å². The Morgan fingerprint density at radius 1 is 1.00 bits per heavy atom. The van der Waals surface area contributed by atoms with Crippen LogP contribution in [0.5, 0.6) is 11.5 Å². The maximum absolute atomic E-state index is 12.6. The van der Waals surface area contributed by atoms with Crippen LogP contribution in [0.25, 0.3) is 0 Å². The Labute approximate surface area is 158 Å². The van der Waals surface area contributed by atoms with Crippen LogP contribution in [0.3, 0.4) is 0 Å². The summed E-state index contributed by atoms with van der Waals surface area (Å²) in [6, 6.07) is 10.6. The fourth-order valence-electron chi connectivity index (χ4n) is 2.38. The van der Waals surface area contributed by atoms with E-state index in [2.05, 4.69) is 20.1 Å². The smallest absolute Gasteiger partial charge is 0.387 e. The van der Waals surface area contributed by atoms with Crippen LogP contribution in [0.15, 0.2) is 48.5 Å². The molecule has 0 radical (unpaired) electrons. The van der Waals surface area contributed by atoms with Gasteiger partial charge in [-0.15, -0.1) is 0 Å². The van der Waals surface area contributed by atoms with Crippen molar-refractivity contribution in [1.29, 1.82) is 0 Å². The van der Waals surface area contributed by atoms with Crippen LogP contribution in [0, 0.1) is 0 Å². The van der Waals surface area contributed by atoms with Crippen molar-refractivity contribution < 1.29 is 36.9 Å². The molecule has 0 spiro atoms. The molecule has 10 heteroatoms. The minimum atomic E-state index is -3.24. The van der Waals surface area contributed by atoms with E-state index in [1.54, 1.807) is 12.1 Å². The topological polar surface area (TPSA) is 79.8 Å². The number of amides is 2. The van der Waals surface area contributed by atoms with Crippen molar-refractivity contribution in [2.75, 3.05) is 11.9 Å². The van der Waals surface area contributed by atoms with Gasteiger partial charge in [-0.2, -0.15) is 17.6 Å². The first-order valence-electron chi connectivity index (χ1n) is 8.13. The molecule has 0 bridgehead atoms. The Bertz CT molecular complexity index is 763. The third kappa shape index (κ3) is 6.95. The molecule has 0 aliphatic carbocycles. The van der Waals surface area contributed by atoms with Crippen LogP contribution in [0.4, 0.5) is 28.0 Å². The Balaban J connectivity index is 2.06. The molecule has 2 aromatic carbocycles. The minimum Gasteiger partial charge on any atom is -0.435 e. The van der Waals surface area contributed by atoms with E-state index in [-0.39, 0.29) is 12.3 Å². The normalized spacial score (nSPS) is 12.0. The molecular formula is C18H18F4N2O4. The third-order valence-electron chi connectivity index (χ3n) is 3.52. The Morgan fingerprint density at radius 3 is 2.29 bits per heavy atom. The summed E-state index contributed by atoms with van der Waals surface area (Å²) in [7, 11) is 0. The summed E-state index contributed by atoms with van der Waals surface area (Å²) >= 11 is 0. The molecule has 1 atom stereocenters. The molecule has 152 valence electrons. The monoisotopic (exact) mass is 402 g/mol. The van der Waals surface area contributed by atoms with Crippen LogP contribution < -0.4 is 20.1 Å². The van der Waals surface area contributed by atoms with Gasteiger partial charge in [-0.3, -0.25) is 0 Å². The number of rotatable bonds is 9. The van der Waals surface area contributed by atoms with Crippen LogP contribution in [-0.2, 0) is 6.42 Å². The summed E-state index contributed by atoms with van der Waals surface area (Å²) in [6.45, 7) is -6.75. The molecular weight excluding hydrogens is 384 g/mol. The van der Waals surface area contributed by atoms with Crippen molar-refractivity contribution in [3.8, 4) is 11.5 Å². The minimum absolute atomic E-state index is 0.184. The summed E-state index contributed by atoms with van der Waals surface area (Å²) in [5.74, 6) is -0.958. The number of anilines is 1. The van der Waals surface area contributed by atoms with Gasteiger partial charge in [0.15, 0.2) is 5.75 Å². The molecule has 0 aliphatic heterocycles. The predicted molar refractivity (Wildman–Crippen MR) is 92.9 cm³/mol. The van der Waals surface area contributed by atoms with Crippen molar-refractivity contribution in [1.82, 2.24) is 5.32 Å². The molecule has 3 N–H and O–H groups in total. The number of aliphatic hydroxyl groups excluding tert-OH is 1. The van der Waals surface area contributed by atoms with Gasteiger partial charge in [0.2, 0.25) is 0 Å². The quantitative estimate of drug-likeness (QED) is 0.560. The maximum atomic E-state index is 12.6. The molecule has 0 fully saturated rings. The molecule has 6 nitrogen and oxygen atoms in total. The summed E-state index contributed by atoms with van der Waals surface area (Å²) in [4.78, 5) is 12.1. The van der Waals surface area contributed by atoms with Crippen LogP contribution >= 0.6 is 0 Å². The number of carbonyl (C=O) groups excluding carboxylic acids is 1. The maximum Gasteiger partial charge on any atom is 0.387 e. The van der Waals surface area contributed by atoms with Gasteiger partial charge in [0, 0.05) is 6.07 Å². The highest BCUT2D eigenvalue weighted by Crippen LogP contribution is 2.31. The van der Waals surface area contributed by atoms with Gasteiger partial charge in [0.25, 0.3) is 0 Å². The van der Waals surface area contributed by atoms with E-state index in [4.69, 9.17) is 0 Å². The fourth-order valence-corrected chi connectivity index (χ4v) is 2.38. The van der Waals surface area contributed by atoms with Gasteiger partial charge in [-0.05, 0) is 24.1 Å². The van der Waals surface area contributed by atoms with Crippen molar-refractivity contribution in [2.24, 2.45) is 0 Å². The second-order valence-corrected chi connectivity index (χ2v) is 5.58. The third-order valence-corrected chi connectivity index (χ3v) is 3.52. The molecule has 0 saturated heterocycles. The first-order chi connectivity index (χ1) is 13.4. The number of ether oxygens (including phenoxy) is 2. The Hall–Kier alpha value is -3.01. The van der Waals surface area contributed by atoms with Gasteiger partial charge in [0.1, 0.15) is 5.75 Å². The second kappa shape index (κ2) is 10.4. The molecule has 2 aromatic rings. The SMILES string of the molecule is O=C(Nc1ccc(OC(F)F)cc1OC(F)F)NC(CO)Cc1ccccc1. The lowest BCUT2D eigenvalue weighted by atomic mass is 10.1. The highest BCUT2D eigenvalue weighted by molar-refractivity contribution is 5.91. The van der Waals surface area contributed by atoms with Crippen LogP contribution in [-0.4, -0.2) is 37.0 Å². The number of alkyl halides is 4. The number of benzene rings is 2. The molecule has 28 heavy (non-hydrogen) atoms. The zero-order chi connectivity index (χ0) is 20.5. The van der Waals surface area contributed by atoms with Gasteiger partial charge in [-0.25, -0.2) is 4.79 Å². The van der Waals surface area contributed by atoms with Crippen LogP contribution in [0.2, 0.25) is 0 Å². The second-order valence-electron chi connectivity index (χ2n) is 5.58. The van der Waals surface area contributed by atoms with E-state index in [1.165, 1.54) is 0 Å². The van der Waals surface area contributed by atoms with Gasteiger partial charge in [-0.1, -0.05) is 30.3 Å². The number of hydrogen-bond acceptors (Lipinski definition) is 4. The number of hydrogen-bond donors (Lipinski definition) is 3. The van der Waals surface area contributed by atoms with Crippen molar-refractivity contribution in [3.05, 3.63) is 54.1 Å². The highest BCUT2D eigenvalue weighted by atomic mass is 19.3. The largest absolute Gasteiger partial charge is 0.435 e. The molecule has 1 unspecified atom stereocenters. The highest BCUT2D eigenvalue weighted by Gasteiger charge is 2.17. The zero-order valence-electron chi connectivity index (χ0n) is 14.4. The van der Waals surface area contributed by atoms with Crippen molar-refractivity contribution >= 4 is 11.7 Å². The van der Waals surface area contributed by atoms with Crippen molar-refractivity contribution in [3.63, 3.8) is 0 Å². The molecule has 2 rings (SSSR count).